The number of nitrogens with zero attached hydrogens (tertiary/aromatic N) is 1. The molecule has 0 spiro atoms. The normalized spacial score (nSPS) is 14.3. The average Bonchev–Trinajstić information content (AvgIpc) is 2.46. The standard InChI is InChI=1S/C9H10BrNO/c1-2-11-6-12-9-4-3-7(10)5-8(9)11/h3-5H,2,6H2,1H3. The van der Waals surface area contributed by atoms with E-state index >= 15 is 0 Å². The first kappa shape index (κ1) is 7.92. The van der Waals surface area contributed by atoms with Gasteiger partial charge in [-0.05, 0) is 25.1 Å². The predicted octanol–water partition coefficient (Wildman–Crippen LogP) is 2.63. The van der Waals surface area contributed by atoms with Gasteiger partial charge in [-0.3, -0.25) is 0 Å². The summed E-state index contributed by atoms with van der Waals surface area (Å²) in [5.41, 5.74) is 1.19. The van der Waals surface area contributed by atoms with E-state index in [0.717, 1.165) is 16.8 Å². The molecule has 12 heavy (non-hydrogen) atoms. The molecule has 0 N–H and O–H groups in total. The molecular formula is C9H10BrNO. The van der Waals surface area contributed by atoms with Crippen LogP contribution in [0.2, 0.25) is 0 Å². The van der Waals surface area contributed by atoms with Gasteiger partial charge in [0.15, 0.2) is 6.73 Å². The van der Waals surface area contributed by atoms with Gasteiger partial charge in [0.1, 0.15) is 5.75 Å². The molecule has 64 valence electrons. The van der Waals surface area contributed by atoms with Gasteiger partial charge in [-0.25, -0.2) is 0 Å². The maximum atomic E-state index is 5.46. The molecule has 3 heteroatoms. The minimum atomic E-state index is 0.683. The fourth-order valence-electron chi connectivity index (χ4n) is 1.34. The molecule has 0 aliphatic carbocycles. The monoisotopic (exact) mass is 227 g/mol. The van der Waals surface area contributed by atoms with Crippen LogP contribution in [0.25, 0.3) is 0 Å². The smallest absolute Gasteiger partial charge is 0.161 e. The Hall–Kier alpha value is -0.700. The van der Waals surface area contributed by atoms with Crippen molar-refractivity contribution in [2.45, 2.75) is 6.92 Å². The summed E-state index contributed by atoms with van der Waals surface area (Å²) in [4.78, 5) is 2.19. The third kappa shape index (κ3) is 1.18. The molecule has 1 aromatic carbocycles. The van der Waals surface area contributed by atoms with E-state index in [0.29, 0.717) is 6.73 Å². The quantitative estimate of drug-likeness (QED) is 0.732. The van der Waals surface area contributed by atoms with Gasteiger partial charge in [-0.1, -0.05) is 15.9 Å². The molecule has 0 saturated heterocycles. The highest BCUT2D eigenvalue weighted by Crippen LogP contribution is 2.35. The number of rotatable bonds is 1. The van der Waals surface area contributed by atoms with Crippen molar-refractivity contribution >= 4 is 21.6 Å². The lowest BCUT2D eigenvalue weighted by Gasteiger charge is -2.12. The lowest BCUT2D eigenvalue weighted by molar-refractivity contribution is 0.348. The van der Waals surface area contributed by atoms with Gasteiger partial charge in [-0.15, -0.1) is 0 Å². The Labute approximate surface area is 80.3 Å². The summed E-state index contributed by atoms with van der Waals surface area (Å²) in [6.07, 6.45) is 0. The fourth-order valence-corrected chi connectivity index (χ4v) is 1.69. The molecule has 0 fully saturated rings. The highest BCUT2D eigenvalue weighted by molar-refractivity contribution is 9.10. The largest absolute Gasteiger partial charge is 0.471 e. The van der Waals surface area contributed by atoms with Crippen LogP contribution in [0.5, 0.6) is 5.75 Å². The summed E-state index contributed by atoms with van der Waals surface area (Å²) in [5, 5.41) is 0. The molecule has 0 aromatic heterocycles. The van der Waals surface area contributed by atoms with Crippen LogP contribution in [0.15, 0.2) is 22.7 Å². The molecule has 0 amide bonds. The Morgan fingerprint density at radius 3 is 3.17 bits per heavy atom. The highest BCUT2D eigenvalue weighted by atomic mass is 79.9. The van der Waals surface area contributed by atoms with Crippen molar-refractivity contribution in [1.29, 1.82) is 0 Å². The van der Waals surface area contributed by atoms with E-state index in [1.807, 2.05) is 12.1 Å². The highest BCUT2D eigenvalue weighted by Gasteiger charge is 2.18. The molecule has 1 aliphatic heterocycles. The summed E-state index contributed by atoms with van der Waals surface area (Å²) in [5.74, 6) is 0.986. The van der Waals surface area contributed by atoms with Gasteiger partial charge in [0.25, 0.3) is 0 Å². The summed E-state index contributed by atoms with van der Waals surface area (Å²) >= 11 is 3.44. The molecule has 2 rings (SSSR count). The minimum Gasteiger partial charge on any atom is -0.471 e. The third-order valence-corrected chi connectivity index (χ3v) is 2.51. The number of halogens is 1. The lowest BCUT2D eigenvalue weighted by Crippen LogP contribution is -2.20. The van der Waals surface area contributed by atoms with Crippen molar-refractivity contribution < 1.29 is 4.74 Å². The first-order chi connectivity index (χ1) is 5.81. The molecule has 2 nitrogen and oxygen atoms in total. The predicted molar refractivity (Wildman–Crippen MR) is 52.7 cm³/mol. The number of hydrogen-bond acceptors (Lipinski definition) is 2. The molecule has 0 atom stereocenters. The van der Waals surface area contributed by atoms with Crippen LogP contribution < -0.4 is 9.64 Å². The zero-order valence-corrected chi connectivity index (χ0v) is 8.47. The van der Waals surface area contributed by atoms with Crippen LogP contribution in [0.3, 0.4) is 0 Å². The van der Waals surface area contributed by atoms with E-state index in [1.54, 1.807) is 0 Å². The van der Waals surface area contributed by atoms with Crippen molar-refractivity contribution in [3.8, 4) is 5.75 Å². The molecule has 0 saturated carbocycles. The molecule has 0 bridgehead atoms. The van der Waals surface area contributed by atoms with E-state index < -0.39 is 0 Å². The Morgan fingerprint density at radius 1 is 1.58 bits per heavy atom. The van der Waals surface area contributed by atoms with Crippen molar-refractivity contribution in [1.82, 2.24) is 0 Å². The molecule has 1 aromatic rings. The summed E-state index contributed by atoms with van der Waals surface area (Å²) in [6.45, 7) is 3.80. The first-order valence-electron chi connectivity index (χ1n) is 3.98. The van der Waals surface area contributed by atoms with Gasteiger partial charge >= 0.3 is 0 Å². The van der Waals surface area contributed by atoms with Crippen LogP contribution in [0.4, 0.5) is 5.69 Å². The van der Waals surface area contributed by atoms with Crippen molar-refractivity contribution in [2.75, 3.05) is 18.2 Å². The van der Waals surface area contributed by atoms with E-state index in [2.05, 4.69) is 33.8 Å². The van der Waals surface area contributed by atoms with Gasteiger partial charge in [-0.2, -0.15) is 0 Å². The van der Waals surface area contributed by atoms with Crippen LogP contribution in [0.1, 0.15) is 6.92 Å². The first-order valence-corrected chi connectivity index (χ1v) is 4.78. The number of ether oxygens (including phenoxy) is 1. The Balaban J connectivity index is 2.42. The van der Waals surface area contributed by atoms with Crippen LogP contribution in [0, 0.1) is 0 Å². The van der Waals surface area contributed by atoms with E-state index in [1.165, 1.54) is 5.69 Å². The number of anilines is 1. The maximum absolute atomic E-state index is 5.46. The second-order valence-corrected chi connectivity index (χ2v) is 3.66. The molecule has 1 aliphatic rings. The van der Waals surface area contributed by atoms with Crippen molar-refractivity contribution in [3.05, 3.63) is 22.7 Å². The number of benzene rings is 1. The lowest BCUT2D eigenvalue weighted by atomic mass is 10.3. The third-order valence-electron chi connectivity index (χ3n) is 2.02. The Bertz CT molecular complexity index is 301. The zero-order valence-electron chi connectivity index (χ0n) is 6.88. The molecule has 1 heterocycles. The van der Waals surface area contributed by atoms with Crippen LogP contribution in [-0.4, -0.2) is 13.3 Å². The zero-order chi connectivity index (χ0) is 8.55. The van der Waals surface area contributed by atoms with Gasteiger partial charge < -0.3 is 9.64 Å². The SMILES string of the molecule is CCN1COc2ccc(Br)cc21. The second-order valence-electron chi connectivity index (χ2n) is 2.74. The number of hydrogen-bond donors (Lipinski definition) is 0. The topological polar surface area (TPSA) is 12.5 Å². The summed E-state index contributed by atoms with van der Waals surface area (Å²) < 4.78 is 6.56. The maximum Gasteiger partial charge on any atom is 0.161 e. The molecule has 0 unspecified atom stereocenters. The minimum absolute atomic E-state index is 0.683. The van der Waals surface area contributed by atoms with Crippen LogP contribution in [-0.2, 0) is 0 Å². The molecular weight excluding hydrogens is 218 g/mol. The van der Waals surface area contributed by atoms with E-state index in [-0.39, 0.29) is 0 Å². The van der Waals surface area contributed by atoms with Gasteiger partial charge in [0.2, 0.25) is 0 Å². The molecule has 0 radical (unpaired) electrons. The summed E-state index contributed by atoms with van der Waals surface area (Å²) in [6, 6.07) is 6.08. The van der Waals surface area contributed by atoms with Crippen molar-refractivity contribution in [3.63, 3.8) is 0 Å². The van der Waals surface area contributed by atoms with Gasteiger partial charge in [0, 0.05) is 11.0 Å². The van der Waals surface area contributed by atoms with E-state index in [9.17, 15) is 0 Å². The Kier molecular flexibility index (Phi) is 1.97. The second kappa shape index (κ2) is 2.98. The summed E-state index contributed by atoms with van der Waals surface area (Å²) in [7, 11) is 0. The van der Waals surface area contributed by atoms with Crippen LogP contribution >= 0.6 is 15.9 Å². The van der Waals surface area contributed by atoms with Gasteiger partial charge in [0.05, 0.1) is 5.69 Å². The average molecular weight is 228 g/mol. The Morgan fingerprint density at radius 2 is 2.42 bits per heavy atom. The van der Waals surface area contributed by atoms with E-state index in [4.69, 9.17) is 4.74 Å². The van der Waals surface area contributed by atoms with Crippen molar-refractivity contribution in [2.24, 2.45) is 0 Å². The number of fused-ring (bicyclic) bond motifs is 1. The fraction of sp³-hybridized carbons (Fsp3) is 0.333.